The Morgan fingerprint density at radius 3 is 2.92 bits per heavy atom. The lowest BCUT2D eigenvalue weighted by atomic mass is 10.2. The molecular formula is C19H20N4OS2. The van der Waals surface area contributed by atoms with Crippen LogP contribution in [0.15, 0.2) is 47.2 Å². The van der Waals surface area contributed by atoms with Crippen molar-refractivity contribution in [1.29, 1.82) is 0 Å². The molecule has 134 valence electrons. The third-order valence-corrected chi connectivity index (χ3v) is 6.08. The number of thioether (sulfide) groups is 1. The molecule has 0 saturated heterocycles. The number of carbonyl (C=O) groups is 1. The van der Waals surface area contributed by atoms with Crippen molar-refractivity contribution in [3.63, 3.8) is 0 Å². The number of imidazole rings is 1. The Hall–Kier alpha value is -2.12. The molecule has 0 aliphatic heterocycles. The number of nitrogens with one attached hydrogen (secondary N) is 1. The number of hydrogen-bond acceptors (Lipinski definition) is 5. The molecule has 1 saturated carbocycles. The van der Waals surface area contributed by atoms with E-state index in [2.05, 4.69) is 26.0 Å². The second-order valence-corrected chi connectivity index (χ2v) is 8.35. The summed E-state index contributed by atoms with van der Waals surface area (Å²) in [5.74, 6) is 0.742. The fraction of sp³-hybridized carbons (Fsp3) is 0.316. The van der Waals surface area contributed by atoms with Gasteiger partial charge in [0.1, 0.15) is 5.01 Å². The van der Waals surface area contributed by atoms with E-state index in [0.717, 1.165) is 27.3 Å². The second kappa shape index (κ2) is 7.63. The fourth-order valence-corrected chi connectivity index (χ4v) is 4.47. The van der Waals surface area contributed by atoms with Gasteiger partial charge in [-0.15, -0.1) is 11.3 Å². The molecule has 4 rings (SSSR count). The number of nitrogens with zero attached hydrogens (tertiary/aromatic N) is 3. The summed E-state index contributed by atoms with van der Waals surface area (Å²) in [5, 5.41) is 6.85. The maximum atomic E-state index is 12.2. The first kappa shape index (κ1) is 17.3. The molecule has 1 N–H and O–H groups in total. The van der Waals surface area contributed by atoms with E-state index < -0.39 is 0 Å². The largest absolute Gasteiger partial charge is 0.326 e. The van der Waals surface area contributed by atoms with E-state index in [-0.39, 0.29) is 5.91 Å². The molecule has 1 fully saturated rings. The van der Waals surface area contributed by atoms with Gasteiger partial charge < -0.3 is 9.88 Å². The number of rotatable bonds is 7. The Morgan fingerprint density at radius 2 is 2.15 bits per heavy atom. The molecule has 0 unspecified atom stereocenters. The SMILES string of the molecule is Cc1ccc(NC(=O)Cc2nc(CSc3nccn3C3CC3)cs2)cc1. The summed E-state index contributed by atoms with van der Waals surface area (Å²) in [6.07, 6.45) is 6.73. The van der Waals surface area contributed by atoms with Crippen molar-refractivity contribution in [3.8, 4) is 0 Å². The minimum Gasteiger partial charge on any atom is -0.326 e. The van der Waals surface area contributed by atoms with Crippen molar-refractivity contribution < 1.29 is 4.79 Å². The monoisotopic (exact) mass is 384 g/mol. The molecule has 26 heavy (non-hydrogen) atoms. The highest BCUT2D eigenvalue weighted by atomic mass is 32.2. The van der Waals surface area contributed by atoms with Crippen LogP contribution in [-0.2, 0) is 17.0 Å². The van der Waals surface area contributed by atoms with Crippen molar-refractivity contribution in [2.24, 2.45) is 0 Å². The average molecular weight is 385 g/mol. The zero-order valence-electron chi connectivity index (χ0n) is 14.5. The number of thiazole rings is 1. The molecule has 1 amide bonds. The maximum Gasteiger partial charge on any atom is 0.231 e. The summed E-state index contributed by atoms with van der Waals surface area (Å²) < 4.78 is 2.26. The lowest BCUT2D eigenvalue weighted by Crippen LogP contribution is -2.14. The van der Waals surface area contributed by atoms with Crippen molar-refractivity contribution in [1.82, 2.24) is 14.5 Å². The second-order valence-electron chi connectivity index (χ2n) is 6.46. The average Bonchev–Trinajstić information content (AvgIpc) is 3.19. The van der Waals surface area contributed by atoms with Gasteiger partial charge >= 0.3 is 0 Å². The van der Waals surface area contributed by atoms with Gasteiger partial charge in [-0.05, 0) is 31.9 Å². The van der Waals surface area contributed by atoms with Crippen LogP contribution in [0.1, 0.15) is 35.1 Å². The summed E-state index contributed by atoms with van der Waals surface area (Å²) in [5.41, 5.74) is 3.00. The molecule has 0 bridgehead atoms. The van der Waals surface area contributed by atoms with E-state index in [0.29, 0.717) is 12.5 Å². The molecule has 1 aromatic carbocycles. The van der Waals surface area contributed by atoms with Crippen LogP contribution in [0.5, 0.6) is 0 Å². The fourth-order valence-electron chi connectivity index (χ4n) is 2.66. The van der Waals surface area contributed by atoms with Gasteiger partial charge in [0, 0.05) is 35.3 Å². The van der Waals surface area contributed by atoms with E-state index in [9.17, 15) is 4.79 Å². The van der Waals surface area contributed by atoms with Gasteiger partial charge in [-0.25, -0.2) is 9.97 Å². The summed E-state index contributed by atoms with van der Waals surface area (Å²) in [6, 6.07) is 8.44. The predicted molar refractivity (Wildman–Crippen MR) is 106 cm³/mol. The number of carbonyl (C=O) groups excluding carboxylic acids is 1. The molecule has 0 atom stereocenters. The highest BCUT2D eigenvalue weighted by molar-refractivity contribution is 7.98. The Balaban J connectivity index is 1.30. The lowest BCUT2D eigenvalue weighted by Gasteiger charge is -2.04. The van der Waals surface area contributed by atoms with E-state index in [1.807, 2.05) is 42.8 Å². The van der Waals surface area contributed by atoms with Gasteiger partial charge in [-0.2, -0.15) is 0 Å². The smallest absolute Gasteiger partial charge is 0.231 e. The van der Waals surface area contributed by atoms with Gasteiger partial charge in [0.25, 0.3) is 0 Å². The van der Waals surface area contributed by atoms with Crippen LogP contribution in [-0.4, -0.2) is 20.4 Å². The van der Waals surface area contributed by atoms with Crippen LogP contribution in [0.2, 0.25) is 0 Å². The number of benzene rings is 1. The summed E-state index contributed by atoms with van der Waals surface area (Å²) in [4.78, 5) is 21.2. The Kier molecular flexibility index (Phi) is 5.08. The number of aromatic nitrogens is 3. The van der Waals surface area contributed by atoms with Gasteiger partial charge in [0.05, 0.1) is 12.1 Å². The first-order valence-corrected chi connectivity index (χ1v) is 10.5. The number of anilines is 1. The minimum atomic E-state index is -0.0355. The number of amides is 1. The van der Waals surface area contributed by atoms with Crippen molar-refractivity contribution >= 4 is 34.7 Å². The molecular weight excluding hydrogens is 364 g/mol. The molecule has 1 aliphatic rings. The Morgan fingerprint density at radius 1 is 1.35 bits per heavy atom. The van der Waals surface area contributed by atoms with Crippen molar-refractivity contribution in [2.75, 3.05) is 5.32 Å². The van der Waals surface area contributed by atoms with Crippen LogP contribution in [0.4, 0.5) is 5.69 Å². The molecule has 1 aliphatic carbocycles. The van der Waals surface area contributed by atoms with Crippen molar-refractivity contribution in [3.05, 3.63) is 58.3 Å². The van der Waals surface area contributed by atoms with Crippen LogP contribution < -0.4 is 5.32 Å². The van der Waals surface area contributed by atoms with Gasteiger partial charge in [-0.3, -0.25) is 4.79 Å². The third kappa shape index (κ3) is 4.34. The number of aryl methyl sites for hydroxylation is 1. The summed E-state index contributed by atoms with van der Waals surface area (Å²) in [7, 11) is 0. The molecule has 2 aromatic heterocycles. The van der Waals surface area contributed by atoms with E-state index in [4.69, 9.17) is 0 Å². The molecule has 3 aromatic rings. The summed E-state index contributed by atoms with van der Waals surface area (Å²) >= 11 is 3.25. The Bertz CT molecular complexity index is 896. The van der Waals surface area contributed by atoms with E-state index in [1.54, 1.807) is 11.8 Å². The van der Waals surface area contributed by atoms with Crippen molar-refractivity contribution in [2.45, 2.75) is 43.1 Å². The topological polar surface area (TPSA) is 59.8 Å². The highest BCUT2D eigenvalue weighted by Gasteiger charge is 2.25. The molecule has 0 radical (unpaired) electrons. The number of hydrogen-bond donors (Lipinski definition) is 1. The van der Waals surface area contributed by atoms with Gasteiger partial charge in [0.15, 0.2) is 5.16 Å². The van der Waals surface area contributed by atoms with Crippen LogP contribution in [0, 0.1) is 6.92 Å². The van der Waals surface area contributed by atoms with E-state index >= 15 is 0 Å². The first-order chi connectivity index (χ1) is 12.7. The van der Waals surface area contributed by atoms with Crippen LogP contribution in [0.3, 0.4) is 0 Å². The zero-order valence-corrected chi connectivity index (χ0v) is 16.1. The molecule has 0 spiro atoms. The maximum absolute atomic E-state index is 12.2. The van der Waals surface area contributed by atoms with Crippen LogP contribution in [0.25, 0.3) is 0 Å². The highest BCUT2D eigenvalue weighted by Crippen LogP contribution is 2.38. The molecule has 5 nitrogen and oxygen atoms in total. The summed E-state index contributed by atoms with van der Waals surface area (Å²) in [6.45, 7) is 2.03. The van der Waals surface area contributed by atoms with Crippen LogP contribution >= 0.6 is 23.1 Å². The standard InChI is InChI=1S/C19H20N4OS2/c1-13-2-4-14(5-3-13)21-17(24)10-18-22-15(11-25-18)12-26-19-20-8-9-23(19)16-6-7-16/h2-5,8-9,11,16H,6-7,10,12H2,1H3,(H,21,24). The normalized spacial score (nSPS) is 13.7. The zero-order chi connectivity index (χ0) is 17.9. The Labute approximate surface area is 160 Å². The quantitative estimate of drug-likeness (QED) is 0.611. The first-order valence-electron chi connectivity index (χ1n) is 8.63. The van der Waals surface area contributed by atoms with E-state index in [1.165, 1.54) is 29.7 Å². The third-order valence-electron chi connectivity index (χ3n) is 4.17. The lowest BCUT2D eigenvalue weighted by molar-refractivity contribution is -0.115. The molecule has 7 heteroatoms. The van der Waals surface area contributed by atoms with Gasteiger partial charge in [-0.1, -0.05) is 29.5 Å². The molecule has 2 heterocycles. The predicted octanol–water partition coefficient (Wildman–Crippen LogP) is 4.46. The van der Waals surface area contributed by atoms with Gasteiger partial charge in [0.2, 0.25) is 5.91 Å². The minimum absolute atomic E-state index is 0.0355.